The van der Waals surface area contributed by atoms with E-state index in [-0.39, 0.29) is 6.61 Å². The van der Waals surface area contributed by atoms with Gasteiger partial charge in [0.1, 0.15) is 6.07 Å². The predicted octanol–water partition coefficient (Wildman–Crippen LogP) is 2.35. The highest BCUT2D eigenvalue weighted by atomic mass is 16.3. The van der Waals surface area contributed by atoms with Crippen molar-refractivity contribution in [1.29, 1.82) is 5.26 Å². The van der Waals surface area contributed by atoms with Gasteiger partial charge in [0.25, 0.3) is 0 Å². The molecule has 2 atom stereocenters. The maximum Gasteiger partial charge on any atom is 0.101 e. The largest absolute Gasteiger partial charge is 0.399 e. The van der Waals surface area contributed by atoms with Crippen LogP contribution in [-0.2, 0) is 0 Å². The quantitative estimate of drug-likeness (QED) is 0.725. The fourth-order valence-corrected chi connectivity index (χ4v) is 2.84. The molecule has 0 saturated heterocycles. The standard InChI is InChI=1S/C15H21N3O/c16-8-13-7-14(17)5-6-15(13)18-9-11-3-1-2-4-12(11)10-19/h5-7,11-12,18-19H,1-4,9-10,17H2. The van der Waals surface area contributed by atoms with Crippen molar-refractivity contribution < 1.29 is 5.11 Å². The van der Waals surface area contributed by atoms with Crippen molar-refractivity contribution in [3.05, 3.63) is 23.8 Å². The highest BCUT2D eigenvalue weighted by Gasteiger charge is 2.24. The SMILES string of the molecule is N#Cc1cc(N)ccc1NCC1CCCCC1CO. The second-order valence-corrected chi connectivity index (χ2v) is 5.28. The number of benzene rings is 1. The van der Waals surface area contributed by atoms with Crippen LogP contribution in [0, 0.1) is 23.2 Å². The van der Waals surface area contributed by atoms with Gasteiger partial charge in [-0.15, -0.1) is 0 Å². The smallest absolute Gasteiger partial charge is 0.101 e. The first-order valence-electron chi connectivity index (χ1n) is 6.89. The van der Waals surface area contributed by atoms with Crippen molar-refractivity contribution in [2.45, 2.75) is 25.7 Å². The zero-order valence-corrected chi connectivity index (χ0v) is 11.1. The Bertz CT molecular complexity index is 467. The molecule has 1 aliphatic carbocycles. The molecule has 102 valence electrons. The molecule has 1 aliphatic rings. The lowest BCUT2D eigenvalue weighted by atomic mass is 9.79. The Hall–Kier alpha value is -1.73. The molecule has 0 radical (unpaired) electrons. The van der Waals surface area contributed by atoms with E-state index in [1.165, 1.54) is 12.8 Å². The van der Waals surface area contributed by atoms with Crippen molar-refractivity contribution in [1.82, 2.24) is 0 Å². The zero-order valence-electron chi connectivity index (χ0n) is 11.1. The van der Waals surface area contributed by atoms with Crippen LogP contribution in [0.1, 0.15) is 31.2 Å². The fraction of sp³-hybridized carbons (Fsp3) is 0.533. The maximum absolute atomic E-state index is 9.40. The summed E-state index contributed by atoms with van der Waals surface area (Å²) in [5.74, 6) is 0.878. The molecule has 0 spiro atoms. The van der Waals surface area contributed by atoms with Crippen LogP contribution in [0.15, 0.2) is 18.2 Å². The molecule has 0 aromatic heterocycles. The van der Waals surface area contributed by atoms with Crippen LogP contribution in [0.2, 0.25) is 0 Å². The third-order valence-corrected chi connectivity index (χ3v) is 4.02. The summed E-state index contributed by atoms with van der Waals surface area (Å²) in [4.78, 5) is 0. The molecule has 0 bridgehead atoms. The van der Waals surface area contributed by atoms with Gasteiger partial charge in [0.2, 0.25) is 0 Å². The molecule has 4 heteroatoms. The monoisotopic (exact) mass is 259 g/mol. The Morgan fingerprint density at radius 2 is 2.05 bits per heavy atom. The van der Waals surface area contributed by atoms with Gasteiger partial charge in [-0.25, -0.2) is 0 Å². The van der Waals surface area contributed by atoms with Gasteiger partial charge in [0.15, 0.2) is 0 Å². The number of hydrogen-bond donors (Lipinski definition) is 3. The number of nitrogens with zero attached hydrogens (tertiary/aromatic N) is 1. The lowest BCUT2D eigenvalue weighted by Crippen LogP contribution is -2.28. The molecule has 19 heavy (non-hydrogen) atoms. The fourth-order valence-electron chi connectivity index (χ4n) is 2.84. The highest BCUT2D eigenvalue weighted by molar-refractivity contribution is 5.62. The van der Waals surface area contributed by atoms with Crippen molar-refractivity contribution in [3.8, 4) is 6.07 Å². The number of aliphatic hydroxyl groups excluding tert-OH is 1. The Labute approximate surface area is 114 Å². The number of aliphatic hydroxyl groups is 1. The molecule has 1 fully saturated rings. The Morgan fingerprint density at radius 1 is 1.32 bits per heavy atom. The number of rotatable bonds is 4. The minimum atomic E-state index is 0.263. The first kappa shape index (κ1) is 13.7. The lowest BCUT2D eigenvalue weighted by molar-refractivity contribution is 0.141. The summed E-state index contributed by atoms with van der Waals surface area (Å²) in [6, 6.07) is 7.50. The Kier molecular flexibility index (Phi) is 4.64. The second kappa shape index (κ2) is 6.44. The molecule has 0 amide bonds. The van der Waals surface area contributed by atoms with Crippen LogP contribution < -0.4 is 11.1 Å². The van der Waals surface area contributed by atoms with E-state index in [9.17, 15) is 5.11 Å². The van der Waals surface area contributed by atoms with Gasteiger partial charge >= 0.3 is 0 Å². The lowest BCUT2D eigenvalue weighted by Gasteiger charge is -2.30. The van der Waals surface area contributed by atoms with E-state index in [4.69, 9.17) is 11.0 Å². The number of nitrogens with one attached hydrogen (secondary N) is 1. The summed E-state index contributed by atoms with van der Waals surface area (Å²) in [5, 5.41) is 21.8. The molecule has 0 heterocycles. The normalized spacial score (nSPS) is 22.7. The predicted molar refractivity (Wildman–Crippen MR) is 76.6 cm³/mol. The average molecular weight is 259 g/mol. The molecule has 1 aromatic rings. The van der Waals surface area contributed by atoms with Crippen LogP contribution in [0.5, 0.6) is 0 Å². The summed E-state index contributed by atoms with van der Waals surface area (Å²) in [7, 11) is 0. The summed E-state index contributed by atoms with van der Waals surface area (Å²) in [6.07, 6.45) is 4.70. The Balaban J connectivity index is 2.00. The van der Waals surface area contributed by atoms with Gasteiger partial charge in [-0.1, -0.05) is 12.8 Å². The van der Waals surface area contributed by atoms with Crippen molar-refractivity contribution >= 4 is 11.4 Å². The first-order valence-corrected chi connectivity index (χ1v) is 6.89. The molecule has 2 rings (SSSR count). The number of nitrogens with two attached hydrogens (primary N) is 1. The van der Waals surface area contributed by atoms with Gasteiger partial charge in [-0.3, -0.25) is 0 Å². The van der Waals surface area contributed by atoms with E-state index < -0.39 is 0 Å². The molecular weight excluding hydrogens is 238 g/mol. The molecule has 1 aromatic carbocycles. The van der Waals surface area contributed by atoms with E-state index in [0.29, 0.717) is 23.1 Å². The van der Waals surface area contributed by atoms with E-state index >= 15 is 0 Å². The summed E-state index contributed by atoms with van der Waals surface area (Å²) in [5.41, 5.74) is 7.69. The van der Waals surface area contributed by atoms with Crippen LogP contribution >= 0.6 is 0 Å². The van der Waals surface area contributed by atoms with Crippen LogP contribution in [-0.4, -0.2) is 18.3 Å². The third-order valence-electron chi connectivity index (χ3n) is 4.02. The van der Waals surface area contributed by atoms with Gasteiger partial charge in [-0.2, -0.15) is 5.26 Å². The van der Waals surface area contributed by atoms with Gasteiger partial charge in [-0.05, 0) is 42.9 Å². The Morgan fingerprint density at radius 3 is 2.74 bits per heavy atom. The minimum Gasteiger partial charge on any atom is -0.399 e. The summed E-state index contributed by atoms with van der Waals surface area (Å²) in [6.45, 7) is 1.07. The van der Waals surface area contributed by atoms with Crippen molar-refractivity contribution in [3.63, 3.8) is 0 Å². The maximum atomic E-state index is 9.40. The minimum absolute atomic E-state index is 0.263. The average Bonchev–Trinajstić information content (AvgIpc) is 2.46. The van der Waals surface area contributed by atoms with Crippen molar-refractivity contribution in [2.75, 3.05) is 24.2 Å². The molecule has 1 saturated carbocycles. The van der Waals surface area contributed by atoms with E-state index in [2.05, 4.69) is 11.4 Å². The number of nitriles is 1. The summed E-state index contributed by atoms with van der Waals surface area (Å²) < 4.78 is 0. The van der Waals surface area contributed by atoms with Crippen LogP contribution in [0.25, 0.3) is 0 Å². The first-order chi connectivity index (χ1) is 9.24. The van der Waals surface area contributed by atoms with Gasteiger partial charge in [0.05, 0.1) is 11.3 Å². The topological polar surface area (TPSA) is 82.1 Å². The molecule has 4 nitrogen and oxygen atoms in total. The highest BCUT2D eigenvalue weighted by Crippen LogP contribution is 2.30. The second-order valence-electron chi connectivity index (χ2n) is 5.28. The molecular formula is C15H21N3O. The van der Waals surface area contributed by atoms with E-state index in [1.54, 1.807) is 12.1 Å². The number of anilines is 2. The third kappa shape index (κ3) is 3.39. The summed E-state index contributed by atoms with van der Waals surface area (Å²) >= 11 is 0. The number of hydrogen-bond acceptors (Lipinski definition) is 4. The molecule has 4 N–H and O–H groups in total. The molecule has 2 unspecified atom stereocenters. The molecule has 0 aliphatic heterocycles. The number of nitrogen functional groups attached to an aromatic ring is 1. The van der Waals surface area contributed by atoms with Crippen molar-refractivity contribution in [2.24, 2.45) is 11.8 Å². The zero-order chi connectivity index (χ0) is 13.7. The van der Waals surface area contributed by atoms with E-state index in [0.717, 1.165) is 25.1 Å². The van der Waals surface area contributed by atoms with Crippen LogP contribution in [0.3, 0.4) is 0 Å². The van der Waals surface area contributed by atoms with Gasteiger partial charge in [0, 0.05) is 18.8 Å². The van der Waals surface area contributed by atoms with E-state index in [1.807, 2.05) is 6.07 Å². The van der Waals surface area contributed by atoms with Gasteiger partial charge < -0.3 is 16.2 Å². The van der Waals surface area contributed by atoms with Crippen LogP contribution in [0.4, 0.5) is 11.4 Å².